The maximum atomic E-state index is 12.7. The zero-order valence-electron chi connectivity index (χ0n) is 14.4. The second-order valence-electron chi connectivity index (χ2n) is 7.73. The highest BCUT2D eigenvalue weighted by Crippen LogP contribution is 2.33. The molecule has 0 aliphatic heterocycles. The number of carbonyl (C=O) groups is 1. The number of hydrogen-bond donors (Lipinski definition) is 1. The van der Waals surface area contributed by atoms with Crippen molar-refractivity contribution in [3.8, 4) is 0 Å². The van der Waals surface area contributed by atoms with Gasteiger partial charge in [-0.25, -0.2) is 0 Å². The van der Waals surface area contributed by atoms with Crippen molar-refractivity contribution in [1.29, 1.82) is 0 Å². The summed E-state index contributed by atoms with van der Waals surface area (Å²) in [5.74, 6) is 0.634. The van der Waals surface area contributed by atoms with Crippen LogP contribution >= 0.6 is 0 Å². The maximum absolute atomic E-state index is 12.7. The molecule has 2 fully saturated rings. The SMILES string of the molecule is CC1(NC(=O)c2ccnc(C3CCCC3)c2)CCCCCCC1. The van der Waals surface area contributed by atoms with Crippen LogP contribution in [0, 0.1) is 0 Å². The van der Waals surface area contributed by atoms with Crippen molar-refractivity contribution in [2.75, 3.05) is 0 Å². The smallest absolute Gasteiger partial charge is 0.251 e. The molecule has 23 heavy (non-hydrogen) atoms. The van der Waals surface area contributed by atoms with Crippen molar-refractivity contribution in [1.82, 2.24) is 10.3 Å². The van der Waals surface area contributed by atoms with Crippen molar-refractivity contribution >= 4 is 5.91 Å². The van der Waals surface area contributed by atoms with Crippen molar-refractivity contribution in [2.24, 2.45) is 0 Å². The highest BCUT2D eigenvalue weighted by atomic mass is 16.1. The Hall–Kier alpha value is -1.38. The standard InChI is InChI=1S/C20H30N2O/c1-20(12-7-3-2-4-8-13-20)22-19(23)17-11-14-21-18(15-17)16-9-5-6-10-16/h11,14-16H,2-10,12-13H2,1H3,(H,22,23). The molecule has 0 aromatic carbocycles. The molecule has 0 bridgehead atoms. The third-order valence-electron chi connectivity index (χ3n) is 5.69. The fourth-order valence-electron chi connectivity index (χ4n) is 4.19. The van der Waals surface area contributed by atoms with Crippen LogP contribution in [0.3, 0.4) is 0 Å². The summed E-state index contributed by atoms with van der Waals surface area (Å²) >= 11 is 0. The first-order valence-corrected chi connectivity index (χ1v) is 9.45. The molecule has 1 aromatic heterocycles. The highest BCUT2D eigenvalue weighted by Gasteiger charge is 2.27. The van der Waals surface area contributed by atoms with Gasteiger partial charge in [-0.15, -0.1) is 0 Å². The summed E-state index contributed by atoms with van der Waals surface area (Å²) in [6.07, 6.45) is 15.4. The van der Waals surface area contributed by atoms with E-state index in [1.54, 1.807) is 0 Å². The van der Waals surface area contributed by atoms with Gasteiger partial charge in [0.2, 0.25) is 0 Å². The Balaban J connectivity index is 1.68. The normalized spacial score (nSPS) is 22.3. The monoisotopic (exact) mass is 314 g/mol. The minimum Gasteiger partial charge on any atom is -0.347 e. The molecule has 126 valence electrons. The summed E-state index contributed by atoms with van der Waals surface area (Å²) in [4.78, 5) is 17.3. The highest BCUT2D eigenvalue weighted by molar-refractivity contribution is 5.94. The van der Waals surface area contributed by atoms with Gasteiger partial charge in [-0.1, -0.05) is 44.9 Å². The number of hydrogen-bond acceptors (Lipinski definition) is 2. The van der Waals surface area contributed by atoms with Gasteiger partial charge in [0.1, 0.15) is 0 Å². The van der Waals surface area contributed by atoms with Crippen LogP contribution in [0.15, 0.2) is 18.3 Å². The van der Waals surface area contributed by atoms with Crippen LogP contribution in [0.5, 0.6) is 0 Å². The lowest BCUT2D eigenvalue weighted by molar-refractivity contribution is 0.0889. The van der Waals surface area contributed by atoms with Crippen LogP contribution in [0.4, 0.5) is 0 Å². The first kappa shape index (κ1) is 16.5. The van der Waals surface area contributed by atoms with E-state index < -0.39 is 0 Å². The predicted octanol–water partition coefficient (Wildman–Crippen LogP) is 4.97. The third kappa shape index (κ3) is 4.33. The molecule has 2 saturated carbocycles. The summed E-state index contributed by atoms with van der Waals surface area (Å²) in [6, 6.07) is 3.89. The van der Waals surface area contributed by atoms with Gasteiger partial charge in [-0.3, -0.25) is 9.78 Å². The van der Waals surface area contributed by atoms with E-state index >= 15 is 0 Å². The third-order valence-corrected chi connectivity index (χ3v) is 5.69. The van der Waals surface area contributed by atoms with Crippen molar-refractivity contribution in [2.45, 2.75) is 89.0 Å². The molecule has 1 aromatic rings. The van der Waals surface area contributed by atoms with Gasteiger partial charge in [0.05, 0.1) is 0 Å². The summed E-state index contributed by atoms with van der Waals surface area (Å²) in [6.45, 7) is 2.22. The predicted molar refractivity (Wildman–Crippen MR) is 93.6 cm³/mol. The first-order valence-electron chi connectivity index (χ1n) is 9.45. The van der Waals surface area contributed by atoms with E-state index in [9.17, 15) is 4.79 Å². The quantitative estimate of drug-likeness (QED) is 0.855. The van der Waals surface area contributed by atoms with Crippen LogP contribution in [-0.4, -0.2) is 16.4 Å². The Labute approximate surface area is 140 Å². The van der Waals surface area contributed by atoms with Crippen molar-refractivity contribution in [3.63, 3.8) is 0 Å². The number of amides is 1. The molecule has 3 rings (SSSR count). The summed E-state index contributed by atoms with van der Waals surface area (Å²) in [7, 11) is 0. The summed E-state index contributed by atoms with van der Waals surface area (Å²) in [5.41, 5.74) is 1.84. The second kappa shape index (κ2) is 7.46. The van der Waals surface area contributed by atoms with Crippen LogP contribution in [-0.2, 0) is 0 Å². The van der Waals surface area contributed by atoms with E-state index in [2.05, 4.69) is 17.2 Å². The lowest BCUT2D eigenvalue weighted by atomic mass is 9.85. The largest absolute Gasteiger partial charge is 0.347 e. The Morgan fingerprint density at radius 2 is 1.74 bits per heavy atom. The molecule has 0 saturated heterocycles. The topological polar surface area (TPSA) is 42.0 Å². The molecule has 0 spiro atoms. The van der Waals surface area contributed by atoms with Crippen LogP contribution < -0.4 is 5.32 Å². The van der Waals surface area contributed by atoms with Gasteiger partial charge in [0, 0.05) is 28.9 Å². The fraction of sp³-hybridized carbons (Fsp3) is 0.700. The lowest BCUT2D eigenvalue weighted by Gasteiger charge is -2.32. The second-order valence-corrected chi connectivity index (χ2v) is 7.73. The molecule has 0 radical (unpaired) electrons. The minimum absolute atomic E-state index is 0.0473. The molecule has 1 N–H and O–H groups in total. The van der Waals surface area contributed by atoms with Crippen molar-refractivity contribution in [3.05, 3.63) is 29.6 Å². The van der Waals surface area contributed by atoms with Crippen LogP contribution in [0.25, 0.3) is 0 Å². The molecule has 2 aliphatic rings. The molecule has 3 heteroatoms. The van der Waals surface area contributed by atoms with E-state index in [4.69, 9.17) is 0 Å². The van der Waals surface area contributed by atoms with Gasteiger partial charge >= 0.3 is 0 Å². The van der Waals surface area contributed by atoms with E-state index in [-0.39, 0.29) is 11.4 Å². The molecule has 1 heterocycles. The van der Waals surface area contributed by atoms with E-state index in [0.29, 0.717) is 5.92 Å². The van der Waals surface area contributed by atoms with Gasteiger partial charge in [0.25, 0.3) is 5.91 Å². The van der Waals surface area contributed by atoms with Gasteiger partial charge < -0.3 is 5.32 Å². The van der Waals surface area contributed by atoms with E-state index in [0.717, 1.165) is 24.1 Å². The number of pyridine rings is 1. The van der Waals surface area contributed by atoms with Crippen molar-refractivity contribution < 1.29 is 4.79 Å². The van der Waals surface area contributed by atoms with Gasteiger partial charge in [-0.2, -0.15) is 0 Å². The Morgan fingerprint density at radius 3 is 2.43 bits per heavy atom. The number of aromatic nitrogens is 1. The number of nitrogens with zero attached hydrogens (tertiary/aromatic N) is 1. The maximum Gasteiger partial charge on any atom is 0.251 e. The number of carbonyl (C=O) groups excluding carboxylic acids is 1. The molecular weight excluding hydrogens is 284 g/mol. The fourth-order valence-corrected chi connectivity index (χ4v) is 4.19. The summed E-state index contributed by atoms with van der Waals surface area (Å²) in [5, 5.41) is 3.33. The molecule has 0 atom stereocenters. The zero-order valence-corrected chi connectivity index (χ0v) is 14.4. The Kier molecular flexibility index (Phi) is 5.34. The van der Waals surface area contributed by atoms with E-state index in [1.165, 1.54) is 57.8 Å². The number of rotatable bonds is 3. The lowest BCUT2D eigenvalue weighted by Crippen LogP contribution is -2.46. The van der Waals surface area contributed by atoms with E-state index in [1.807, 2.05) is 18.3 Å². The van der Waals surface area contributed by atoms with Crippen LogP contribution in [0.2, 0.25) is 0 Å². The Morgan fingerprint density at radius 1 is 1.09 bits per heavy atom. The zero-order chi connectivity index (χ0) is 16.1. The van der Waals surface area contributed by atoms with Gasteiger partial charge in [0.15, 0.2) is 0 Å². The average Bonchev–Trinajstić information content (AvgIpc) is 3.06. The first-order chi connectivity index (χ1) is 11.2. The molecule has 0 unspecified atom stereocenters. The molecule has 2 aliphatic carbocycles. The average molecular weight is 314 g/mol. The number of nitrogens with one attached hydrogen (secondary N) is 1. The van der Waals surface area contributed by atoms with Gasteiger partial charge in [-0.05, 0) is 44.7 Å². The van der Waals surface area contributed by atoms with Crippen LogP contribution in [0.1, 0.15) is 99.5 Å². The Bertz CT molecular complexity index is 526. The minimum atomic E-state index is -0.0473. The molecule has 3 nitrogen and oxygen atoms in total. The molecule has 1 amide bonds. The molecular formula is C20H30N2O. The summed E-state index contributed by atoms with van der Waals surface area (Å²) < 4.78 is 0.